The average molecular weight is 462 g/mol. The van der Waals surface area contributed by atoms with Crippen molar-refractivity contribution in [1.29, 1.82) is 0 Å². The molecule has 0 spiro atoms. The molecule has 0 saturated carbocycles. The van der Waals surface area contributed by atoms with E-state index in [0.717, 1.165) is 32.6 Å². The Morgan fingerprint density at radius 1 is 1.06 bits per heavy atom. The largest absolute Gasteiger partial charge is 0.489 e. The monoisotopic (exact) mass is 461 g/mol. The Balaban J connectivity index is 1.37. The number of hydrogen-bond acceptors (Lipinski definition) is 5. The highest BCUT2D eigenvalue weighted by Gasteiger charge is 2.30. The molecule has 1 amide bonds. The standard InChI is InChI=1S/C25H20ClN3O2S/c26-18-11-9-16(10-12-18)15-31-20-8-4-5-17(13-20)21-14-22(30)28-24-23(21)32-25(29-24)27-19-6-2-1-3-7-19/h1-13,21H,14-15H2,(H,27,29)(H,28,30). The highest BCUT2D eigenvalue weighted by molar-refractivity contribution is 7.16. The molecule has 0 aliphatic carbocycles. The summed E-state index contributed by atoms with van der Waals surface area (Å²) in [6, 6.07) is 25.4. The van der Waals surface area contributed by atoms with E-state index in [1.54, 1.807) is 11.3 Å². The number of fused-ring (bicyclic) bond motifs is 1. The zero-order valence-electron chi connectivity index (χ0n) is 17.0. The molecule has 1 aromatic heterocycles. The Hall–Kier alpha value is -3.35. The van der Waals surface area contributed by atoms with Gasteiger partial charge in [0.1, 0.15) is 18.2 Å². The van der Waals surface area contributed by atoms with E-state index in [4.69, 9.17) is 16.3 Å². The molecule has 160 valence electrons. The molecule has 0 radical (unpaired) electrons. The van der Waals surface area contributed by atoms with Crippen LogP contribution in [-0.4, -0.2) is 10.9 Å². The number of anilines is 3. The number of halogens is 1. The lowest BCUT2D eigenvalue weighted by molar-refractivity contribution is -0.116. The number of carbonyl (C=O) groups is 1. The van der Waals surface area contributed by atoms with Gasteiger partial charge in [-0.2, -0.15) is 0 Å². The fourth-order valence-electron chi connectivity index (χ4n) is 3.65. The van der Waals surface area contributed by atoms with Crippen molar-refractivity contribution in [3.05, 3.63) is 99.9 Å². The van der Waals surface area contributed by atoms with Gasteiger partial charge in [0.15, 0.2) is 5.13 Å². The van der Waals surface area contributed by atoms with Crippen molar-refractivity contribution in [2.45, 2.75) is 18.9 Å². The first kappa shape index (κ1) is 20.5. The van der Waals surface area contributed by atoms with Crippen LogP contribution in [-0.2, 0) is 11.4 Å². The van der Waals surface area contributed by atoms with Gasteiger partial charge in [-0.1, -0.05) is 65.4 Å². The number of carbonyl (C=O) groups excluding carboxylic acids is 1. The predicted molar refractivity (Wildman–Crippen MR) is 129 cm³/mol. The third-order valence-corrected chi connectivity index (χ3v) is 6.56. The number of thiazole rings is 1. The van der Waals surface area contributed by atoms with Gasteiger partial charge < -0.3 is 15.4 Å². The molecule has 2 heterocycles. The second kappa shape index (κ2) is 9.02. The molecular weight excluding hydrogens is 442 g/mol. The Morgan fingerprint density at radius 3 is 2.69 bits per heavy atom. The maximum absolute atomic E-state index is 12.4. The van der Waals surface area contributed by atoms with Crippen LogP contribution in [0, 0.1) is 0 Å². The van der Waals surface area contributed by atoms with Crippen molar-refractivity contribution < 1.29 is 9.53 Å². The SMILES string of the molecule is O=C1CC(c2cccc(OCc3ccc(Cl)cc3)c2)c2sc(Nc3ccccc3)nc2N1. The molecule has 0 saturated heterocycles. The Labute approximate surface area is 195 Å². The van der Waals surface area contributed by atoms with Crippen molar-refractivity contribution in [2.75, 3.05) is 10.6 Å². The highest BCUT2D eigenvalue weighted by Crippen LogP contribution is 2.43. The number of aromatic nitrogens is 1. The minimum Gasteiger partial charge on any atom is -0.489 e. The van der Waals surface area contributed by atoms with Crippen molar-refractivity contribution in [2.24, 2.45) is 0 Å². The van der Waals surface area contributed by atoms with E-state index in [1.165, 1.54) is 0 Å². The van der Waals surface area contributed by atoms with Gasteiger partial charge in [-0.15, -0.1) is 0 Å². The molecule has 32 heavy (non-hydrogen) atoms. The molecule has 5 rings (SSSR count). The minimum atomic E-state index is -0.0679. The minimum absolute atomic E-state index is 0.0356. The van der Waals surface area contributed by atoms with E-state index in [0.29, 0.717) is 23.9 Å². The van der Waals surface area contributed by atoms with Crippen LogP contribution in [0.5, 0.6) is 5.75 Å². The van der Waals surface area contributed by atoms with Gasteiger partial charge in [0.2, 0.25) is 5.91 Å². The lowest BCUT2D eigenvalue weighted by Crippen LogP contribution is -2.22. The summed E-state index contributed by atoms with van der Waals surface area (Å²) in [6.07, 6.45) is 0.376. The Bertz CT molecular complexity index is 1240. The first-order chi connectivity index (χ1) is 15.6. The summed E-state index contributed by atoms with van der Waals surface area (Å²) in [6.45, 7) is 0.447. The van der Waals surface area contributed by atoms with Crippen molar-refractivity contribution in [3.63, 3.8) is 0 Å². The number of nitrogens with one attached hydrogen (secondary N) is 2. The van der Waals surface area contributed by atoms with Gasteiger partial charge in [0.05, 0.1) is 4.88 Å². The van der Waals surface area contributed by atoms with Gasteiger partial charge in [-0.25, -0.2) is 4.98 Å². The summed E-state index contributed by atoms with van der Waals surface area (Å²) in [5, 5.41) is 7.69. The van der Waals surface area contributed by atoms with Gasteiger partial charge in [0.25, 0.3) is 0 Å². The second-order valence-electron chi connectivity index (χ2n) is 7.52. The van der Waals surface area contributed by atoms with Crippen LogP contribution in [0.4, 0.5) is 16.6 Å². The molecule has 1 aliphatic heterocycles. The van der Waals surface area contributed by atoms with E-state index in [9.17, 15) is 4.79 Å². The molecule has 4 aromatic rings. The molecule has 1 unspecified atom stereocenters. The summed E-state index contributed by atoms with van der Waals surface area (Å²) in [7, 11) is 0. The van der Waals surface area contributed by atoms with Crippen LogP contribution < -0.4 is 15.4 Å². The highest BCUT2D eigenvalue weighted by atomic mass is 35.5. The number of rotatable bonds is 6. The first-order valence-corrected chi connectivity index (χ1v) is 11.4. The lowest BCUT2D eigenvalue weighted by atomic mass is 9.91. The second-order valence-corrected chi connectivity index (χ2v) is 8.98. The van der Waals surface area contributed by atoms with Crippen molar-refractivity contribution in [3.8, 4) is 5.75 Å². The quantitative estimate of drug-likeness (QED) is 0.340. The van der Waals surface area contributed by atoms with Crippen LogP contribution in [0.25, 0.3) is 0 Å². The molecular formula is C25H20ClN3O2S. The third-order valence-electron chi connectivity index (χ3n) is 5.22. The normalized spacial score (nSPS) is 15.0. The fourth-order valence-corrected chi connectivity index (χ4v) is 4.85. The molecule has 0 fully saturated rings. The van der Waals surface area contributed by atoms with E-state index in [-0.39, 0.29) is 11.8 Å². The van der Waals surface area contributed by atoms with Crippen LogP contribution in [0.1, 0.15) is 28.3 Å². The molecule has 1 aliphatic rings. The third kappa shape index (κ3) is 4.61. The van der Waals surface area contributed by atoms with E-state index < -0.39 is 0 Å². The van der Waals surface area contributed by atoms with Crippen molar-refractivity contribution >= 4 is 45.5 Å². The van der Waals surface area contributed by atoms with E-state index in [2.05, 4.69) is 15.6 Å². The smallest absolute Gasteiger partial charge is 0.226 e. The number of nitrogens with zero attached hydrogens (tertiary/aromatic N) is 1. The zero-order valence-corrected chi connectivity index (χ0v) is 18.6. The number of benzene rings is 3. The predicted octanol–water partition coefficient (Wildman–Crippen LogP) is 6.59. The molecule has 3 aromatic carbocycles. The van der Waals surface area contributed by atoms with Gasteiger partial charge in [-0.3, -0.25) is 4.79 Å². The Kier molecular flexibility index (Phi) is 5.79. The summed E-state index contributed by atoms with van der Waals surface area (Å²) in [4.78, 5) is 18.0. The van der Waals surface area contributed by atoms with Gasteiger partial charge in [0, 0.05) is 23.0 Å². The van der Waals surface area contributed by atoms with E-state index in [1.807, 2.05) is 78.9 Å². The molecule has 5 nitrogen and oxygen atoms in total. The maximum atomic E-state index is 12.4. The zero-order chi connectivity index (χ0) is 21.9. The molecule has 2 N–H and O–H groups in total. The number of para-hydroxylation sites is 1. The summed E-state index contributed by atoms with van der Waals surface area (Å²) >= 11 is 7.52. The van der Waals surface area contributed by atoms with Gasteiger partial charge in [-0.05, 0) is 47.5 Å². The van der Waals surface area contributed by atoms with Crippen LogP contribution >= 0.6 is 22.9 Å². The van der Waals surface area contributed by atoms with Crippen LogP contribution in [0.2, 0.25) is 5.02 Å². The van der Waals surface area contributed by atoms with Crippen molar-refractivity contribution in [1.82, 2.24) is 4.98 Å². The Morgan fingerprint density at radius 2 is 1.88 bits per heavy atom. The van der Waals surface area contributed by atoms with Gasteiger partial charge >= 0.3 is 0 Å². The maximum Gasteiger partial charge on any atom is 0.226 e. The number of hydrogen-bond donors (Lipinski definition) is 2. The molecule has 7 heteroatoms. The summed E-state index contributed by atoms with van der Waals surface area (Å²) in [5.41, 5.74) is 3.03. The molecule has 0 bridgehead atoms. The fraction of sp³-hybridized carbons (Fsp3) is 0.120. The number of amides is 1. The first-order valence-electron chi connectivity index (χ1n) is 10.2. The average Bonchev–Trinajstić information content (AvgIpc) is 3.21. The number of ether oxygens (including phenoxy) is 1. The summed E-state index contributed by atoms with van der Waals surface area (Å²) < 4.78 is 5.99. The topological polar surface area (TPSA) is 63.2 Å². The summed E-state index contributed by atoms with van der Waals surface area (Å²) in [5.74, 6) is 1.28. The van der Waals surface area contributed by atoms with E-state index >= 15 is 0 Å². The lowest BCUT2D eigenvalue weighted by Gasteiger charge is -2.22. The molecule has 1 atom stereocenters. The van der Waals surface area contributed by atoms with Crippen LogP contribution in [0.3, 0.4) is 0 Å². The van der Waals surface area contributed by atoms with Crippen LogP contribution in [0.15, 0.2) is 78.9 Å².